The maximum Gasteiger partial charge on any atom is 0.206 e. The van der Waals surface area contributed by atoms with Gasteiger partial charge in [-0.2, -0.15) is 5.10 Å². The van der Waals surface area contributed by atoms with Gasteiger partial charge in [-0.1, -0.05) is 6.07 Å². The van der Waals surface area contributed by atoms with Crippen LogP contribution in [0.15, 0.2) is 29.1 Å². The lowest BCUT2D eigenvalue weighted by Gasteiger charge is -2.11. The Labute approximate surface area is 101 Å². The number of aromatic nitrogens is 2. The van der Waals surface area contributed by atoms with Gasteiger partial charge in [0.15, 0.2) is 11.6 Å². The van der Waals surface area contributed by atoms with Gasteiger partial charge in [0.05, 0.1) is 6.61 Å². The topological polar surface area (TPSA) is 55.1 Å². The molecule has 0 aliphatic carbocycles. The van der Waals surface area contributed by atoms with Crippen LogP contribution in [-0.4, -0.2) is 14.9 Å². The molecule has 94 valence electrons. The van der Waals surface area contributed by atoms with Crippen molar-refractivity contribution in [2.24, 2.45) is 0 Å². The average Bonchev–Trinajstić information content (AvgIpc) is 2.31. The van der Waals surface area contributed by atoms with Crippen molar-refractivity contribution in [3.05, 3.63) is 57.5 Å². The zero-order valence-electron chi connectivity index (χ0n) is 9.52. The molecule has 0 aliphatic heterocycles. The standard InChI is InChI=1S/C12H10F2N2O2/c1-7-5-11(18)10(6-17)15-16(7)12-8(13)3-2-4-9(12)14/h2-5,17H,6H2,1H3. The molecule has 1 heterocycles. The van der Waals surface area contributed by atoms with E-state index < -0.39 is 23.7 Å². The van der Waals surface area contributed by atoms with Crippen LogP contribution in [0.2, 0.25) is 0 Å². The summed E-state index contributed by atoms with van der Waals surface area (Å²) < 4.78 is 28.2. The molecule has 0 aliphatic rings. The monoisotopic (exact) mass is 252 g/mol. The zero-order chi connectivity index (χ0) is 13.3. The molecule has 0 fully saturated rings. The molecule has 0 amide bonds. The number of nitrogens with zero attached hydrogens (tertiary/aromatic N) is 2. The number of rotatable bonds is 2. The molecule has 0 bridgehead atoms. The summed E-state index contributed by atoms with van der Waals surface area (Å²) in [5, 5.41) is 12.7. The first kappa shape index (κ1) is 12.4. The van der Waals surface area contributed by atoms with Crippen LogP contribution >= 0.6 is 0 Å². The Kier molecular flexibility index (Phi) is 3.20. The van der Waals surface area contributed by atoms with Gasteiger partial charge < -0.3 is 5.11 Å². The zero-order valence-corrected chi connectivity index (χ0v) is 9.52. The predicted octanol–water partition coefficient (Wildman–Crippen LogP) is 1.31. The van der Waals surface area contributed by atoms with E-state index in [1.54, 1.807) is 0 Å². The van der Waals surface area contributed by atoms with Crippen molar-refractivity contribution in [2.75, 3.05) is 0 Å². The highest BCUT2D eigenvalue weighted by Gasteiger charge is 2.14. The van der Waals surface area contributed by atoms with E-state index in [4.69, 9.17) is 5.11 Å². The van der Waals surface area contributed by atoms with Gasteiger partial charge in [0, 0.05) is 11.8 Å². The molecule has 4 nitrogen and oxygen atoms in total. The second-order valence-corrected chi connectivity index (χ2v) is 3.74. The number of benzene rings is 1. The van der Waals surface area contributed by atoms with Gasteiger partial charge in [-0.25, -0.2) is 13.5 Å². The smallest absolute Gasteiger partial charge is 0.206 e. The number of hydrogen-bond acceptors (Lipinski definition) is 3. The summed E-state index contributed by atoms with van der Waals surface area (Å²) in [5.41, 5.74) is -0.725. The van der Waals surface area contributed by atoms with Crippen molar-refractivity contribution < 1.29 is 13.9 Å². The van der Waals surface area contributed by atoms with Crippen LogP contribution in [0, 0.1) is 18.6 Å². The van der Waals surface area contributed by atoms with Crippen LogP contribution in [0.25, 0.3) is 5.69 Å². The van der Waals surface area contributed by atoms with E-state index in [-0.39, 0.29) is 17.1 Å². The predicted molar refractivity (Wildman–Crippen MR) is 60.4 cm³/mol. The molecule has 0 atom stereocenters. The molecule has 6 heteroatoms. The van der Waals surface area contributed by atoms with Gasteiger partial charge in [0.25, 0.3) is 0 Å². The summed E-state index contributed by atoms with van der Waals surface area (Å²) in [6.07, 6.45) is 0. The van der Waals surface area contributed by atoms with E-state index in [2.05, 4.69) is 5.10 Å². The number of hydrogen-bond donors (Lipinski definition) is 1. The van der Waals surface area contributed by atoms with Crippen molar-refractivity contribution in [2.45, 2.75) is 13.5 Å². The molecule has 0 radical (unpaired) electrons. The molecular formula is C12H10F2N2O2. The SMILES string of the molecule is Cc1cc(=O)c(CO)nn1-c1c(F)cccc1F. The minimum absolute atomic E-state index is 0.164. The lowest BCUT2D eigenvalue weighted by Crippen LogP contribution is -2.20. The maximum atomic E-state index is 13.6. The Bertz CT molecular complexity index is 633. The van der Waals surface area contributed by atoms with E-state index in [9.17, 15) is 13.6 Å². The van der Waals surface area contributed by atoms with Crippen molar-refractivity contribution in [1.29, 1.82) is 0 Å². The number of aliphatic hydroxyl groups excluding tert-OH is 1. The molecule has 1 aromatic carbocycles. The van der Waals surface area contributed by atoms with Gasteiger partial charge >= 0.3 is 0 Å². The van der Waals surface area contributed by atoms with E-state index >= 15 is 0 Å². The molecule has 2 aromatic rings. The molecule has 2 rings (SSSR count). The van der Waals surface area contributed by atoms with Crippen molar-refractivity contribution in [1.82, 2.24) is 9.78 Å². The third kappa shape index (κ3) is 2.02. The molecule has 1 aromatic heterocycles. The maximum absolute atomic E-state index is 13.6. The highest BCUT2D eigenvalue weighted by Crippen LogP contribution is 2.17. The van der Waals surface area contributed by atoms with Gasteiger partial charge in [0.1, 0.15) is 11.4 Å². The Morgan fingerprint density at radius 1 is 1.33 bits per heavy atom. The summed E-state index contributed by atoms with van der Waals surface area (Å²) in [4.78, 5) is 11.4. The highest BCUT2D eigenvalue weighted by molar-refractivity contribution is 5.36. The Morgan fingerprint density at radius 3 is 2.50 bits per heavy atom. The summed E-state index contributed by atoms with van der Waals surface area (Å²) in [6.45, 7) is 0.913. The Balaban J connectivity index is 2.75. The van der Waals surface area contributed by atoms with E-state index in [1.807, 2.05) is 0 Å². The first-order valence-corrected chi connectivity index (χ1v) is 5.19. The molecular weight excluding hydrogens is 242 g/mol. The Morgan fingerprint density at radius 2 is 1.94 bits per heavy atom. The number of aryl methyl sites for hydroxylation is 1. The largest absolute Gasteiger partial charge is 0.390 e. The average molecular weight is 252 g/mol. The first-order chi connectivity index (χ1) is 8.54. The first-order valence-electron chi connectivity index (χ1n) is 5.19. The lowest BCUT2D eigenvalue weighted by molar-refractivity contribution is 0.272. The number of halogens is 2. The van der Waals surface area contributed by atoms with E-state index in [0.717, 1.165) is 16.8 Å². The number of para-hydroxylation sites is 1. The fourth-order valence-electron chi connectivity index (χ4n) is 1.61. The van der Waals surface area contributed by atoms with Crippen molar-refractivity contribution in [3.63, 3.8) is 0 Å². The third-order valence-corrected chi connectivity index (χ3v) is 2.48. The van der Waals surface area contributed by atoms with Crippen molar-refractivity contribution >= 4 is 0 Å². The molecule has 1 N–H and O–H groups in total. The second kappa shape index (κ2) is 4.66. The van der Waals surface area contributed by atoms with E-state index in [0.29, 0.717) is 0 Å². The van der Waals surface area contributed by atoms with Crippen LogP contribution in [0.5, 0.6) is 0 Å². The summed E-state index contributed by atoms with van der Waals surface area (Å²) in [7, 11) is 0. The molecule has 0 saturated carbocycles. The molecule has 0 saturated heterocycles. The Hall–Kier alpha value is -2.08. The lowest BCUT2D eigenvalue weighted by atomic mass is 10.2. The van der Waals surface area contributed by atoms with Gasteiger partial charge in [-0.3, -0.25) is 4.79 Å². The van der Waals surface area contributed by atoms with Crippen LogP contribution in [-0.2, 0) is 6.61 Å². The number of aliphatic hydroxyl groups is 1. The summed E-state index contributed by atoms with van der Waals surface area (Å²) in [6, 6.07) is 4.59. The van der Waals surface area contributed by atoms with Gasteiger partial charge in [-0.15, -0.1) is 0 Å². The summed E-state index contributed by atoms with van der Waals surface area (Å²) in [5.74, 6) is -1.59. The van der Waals surface area contributed by atoms with Gasteiger partial charge in [0.2, 0.25) is 5.43 Å². The summed E-state index contributed by atoms with van der Waals surface area (Å²) >= 11 is 0. The van der Waals surface area contributed by atoms with Gasteiger partial charge in [-0.05, 0) is 19.1 Å². The molecule has 0 spiro atoms. The van der Waals surface area contributed by atoms with Crippen LogP contribution < -0.4 is 5.43 Å². The fraction of sp³-hybridized carbons (Fsp3) is 0.167. The van der Waals surface area contributed by atoms with Crippen LogP contribution in [0.1, 0.15) is 11.4 Å². The highest BCUT2D eigenvalue weighted by atomic mass is 19.1. The van der Waals surface area contributed by atoms with E-state index in [1.165, 1.54) is 19.1 Å². The normalized spacial score (nSPS) is 10.7. The second-order valence-electron chi connectivity index (χ2n) is 3.74. The molecule has 0 unspecified atom stereocenters. The molecule has 18 heavy (non-hydrogen) atoms. The van der Waals surface area contributed by atoms with Crippen LogP contribution in [0.4, 0.5) is 8.78 Å². The fourth-order valence-corrected chi connectivity index (χ4v) is 1.61. The third-order valence-electron chi connectivity index (χ3n) is 2.48. The minimum Gasteiger partial charge on any atom is -0.390 e. The van der Waals surface area contributed by atoms with Crippen LogP contribution in [0.3, 0.4) is 0 Å². The quantitative estimate of drug-likeness (QED) is 0.876. The van der Waals surface area contributed by atoms with Crippen molar-refractivity contribution in [3.8, 4) is 5.69 Å². The minimum atomic E-state index is -0.793.